The molecule has 0 amide bonds. The minimum atomic E-state index is -0.230. The molecule has 2 aromatic heterocycles. The smallest absolute Gasteiger partial charge is 0.258 e. The van der Waals surface area contributed by atoms with E-state index in [0.717, 1.165) is 31.4 Å². The Morgan fingerprint density at radius 1 is 1.15 bits per heavy atom. The maximum atomic E-state index is 12.6. The molecule has 0 bridgehead atoms. The van der Waals surface area contributed by atoms with Gasteiger partial charge >= 0.3 is 0 Å². The highest BCUT2D eigenvalue weighted by molar-refractivity contribution is 5.88. The van der Waals surface area contributed by atoms with Crippen molar-refractivity contribution in [2.24, 2.45) is 0 Å². The van der Waals surface area contributed by atoms with Crippen LogP contribution in [-0.4, -0.2) is 31.8 Å². The van der Waals surface area contributed by atoms with Gasteiger partial charge in [0.2, 0.25) is 5.95 Å². The SMILES string of the molecule is Nc1cc(=O)n(-c2ccccc2)c2nc(NC3CCC(O)CC3)ncc12. The van der Waals surface area contributed by atoms with E-state index in [0.29, 0.717) is 22.7 Å². The fraction of sp³-hybridized carbons (Fsp3) is 0.316. The number of aromatic nitrogens is 3. The van der Waals surface area contributed by atoms with Crippen molar-refractivity contribution < 1.29 is 5.11 Å². The Morgan fingerprint density at radius 3 is 2.62 bits per heavy atom. The van der Waals surface area contributed by atoms with Crippen molar-refractivity contribution in [3.63, 3.8) is 0 Å². The number of aliphatic hydroxyl groups is 1. The Hall–Kier alpha value is -2.93. The van der Waals surface area contributed by atoms with Gasteiger partial charge in [-0.1, -0.05) is 18.2 Å². The van der Waals surface area contributed by atoms with E-state index in [1.54, 1.807) is 10.8 Å². The molecule has 1 aromatic carbocycles. The summed E-state index contributed by atoms with van der Waals surface area (Å²) in [5.74, 6) is 0.466. The zero-order chi connectivity index (χ0) is 18.1. The van der Waals surface area contributed by atoms with Gasteiger partial charge in [0.05, 0.1) is 17.2 Å². The molecule has 1 aliphatic carbocycles. The number of para-hydroxylation sites is 1. The summed E-state index contributed by atoms with van der Waals surface area (Å²) < 4.78 is 1.54. The predicted octanol–water partition coefficient (Wildman–Crippen LogP) is 2.08. The number of hydrogen-bond acceptors (Lipinski definition) is 6. The van der Waals surface area contributed by atoms with Gasteiger partial charge < -0.3 is 16.2 Å². The van der Waals surface area contributed by atoms with Gasteiger partial charge in [0.1, 0.15) is 0 Å². The van der Waals surface area contributed by atoms with Crippen LogP contribution in [0.2, 0.25) is 0 Å². The molecule has 0 spiro atoms. The zero-order valence-electron chi connectivity index (χ0n) is 14.3. The molecule has 7 nitrogen and oxygen atoms in total. The van der Waals surface area contributed by atoms with Crippen LogP contribution in [0, 0.1) is 0 Å². The summed E-state index contributed by atoms with van der Waals surface area (Å²) in [6.07, 6.45) is 4.71. The Balaban J connectivity index is 1.77. The summed E-state index contributed by atoms with van der Waals surface area (Å²) in [6, 6.07) is 11.0. The lowest BCUT2D eigenvalue weighted by Crippen LogP contribution is -2.29. The second kappa shape index (κ2) is 6.76. The standard InChI is InChI=1S/C19H21N5O2/c20-16-10-17(26)24(13-4-2-1-3-5-13)18-15(16)11-21-19(23-18)22-12-6-8-14(25)9-7-12/h1-5,10-12,14,25H,6-9,20H2,(H,21,22,23). The van der Waals surface area contributed by atoms with Crippen LogP contribution in [0.25, 0.3) is 16.7 Å². The van der Waals surface area contributed by atoms with E-state index in [2.05, 4.69) is 15.3 Å². The lowest BCUT2D eigenvalue weighted by atomic mass is 9.93. The first kappa shape index (κ1) is 16.5. The highest BCUT2D eigenvalue weighted by atomic mass is 16.3. The number of pyridine rings is 1. The Morgan fingerprint density at radius 2 is 1.88 bits per heavy atom. The second-order valence-electron chi connectivity index (χ2n) is 6.69. The highest BCUT2D eigenvalue weighted by Crippen LogP contribution is 2.23. The lowest BCUT2D eigenvalue weighted by molar-refractivity contribution is 0.126. The molecule has 1 saturated carbocycles. The van der Waals surface area contributed by atoms with Gasteiger partial charge in [-0.3, -0.25) is 9.36 Å². The molecule has 0 radical (unpaired) electrons. The topological polar surface area (TPSA) is 106 Å². The van der Waals surface area contributed by atoms with Crippen LogP contribution in [0.1, 0.15) is 25.7 Å². The van der Waals surface area contributed by atoms with Crippen molar-refractivity contribution in [2.45, 2.75) is 37.8 Å². The molecule has 1 aliphatic rings. The molecule has 1 fully saturated rings. The van der Waals surface area contributed by atoms with E-state index >= 15 is 0 Å². The van der Waals surface area contributed by atoms with Gasteiger partial charge in [-0.15, -0.1) is 0 Å². The normalized spacial score (nSPS) is 20.2. The minimum Gasteiger partial charge on any atom is -0.398 e. The summed E-state index contributed by atoms with van der Waals surface area (Å²) in [6.45, 7) is 0. The molecule has 0 saturated heterocycles. The van der Waals surface area contributed by atoms with E-state index in [-0.39, 0.29) is 17.7 Å². The second-order valence-corrected chi connectivity index (χ2v) is 6.69. The maximum Gasteiger partial charge on any atom is 0.258 e. The molecular weight excluding hydrogens is 330 g/mol. The van der Waals surface area contributed by atoms with Gasteiger partial charge in [-0.05, 0) is 37.8 Å². The molecule has 4 N–H and O–H groups in total. The molecular formula is C19H21N5O2. The summed E-state index contributed by atoms with van der Waals surface area (Å²) in [5.41, 5.74) is 7.36. The van der Waals surface area contributed by atoms with Crippen LogP contribution in [0.3, 0.4) is 0 Å². The zero-order valence-corrected chi connectivity index (χ0v) is 14.3. The number of fused-ring (bicyclic) bond motifs is 1. The van der Waals surface area contributed by atoms with Crippen molar-refractivity contribution >= 4 is 22.7 Å². The number of nitrogens with zero attached hydrogens (tertiary/aromatic N) is 3. The largest absolute Gasteiger partial charge is 0.398 e. The van der Waals surface area contributed by atoms with Gasteiger partial charge in [0.15, 0.2) is 5.65 Å². The number of nitrogen functional groups attached to an aromatic ring is 1. The van der Waals surface area contributed by atoms with Crippen LogP contribution < -0.4 is 16.6 Å². The third-order valence-corrected chi connectivity index (χ3v) is 4.84. The Labute approximate surface area is 150 Å². The lowest BCUT2D eigenvalue weighted by Gasteiger charge is -2.26. The van der Waals surface area contributed by atoms with E-state index in [4.69, 9.17) is 5.73 Å². The molecule has 3 aromatic rings. The number of nitrogens with one attached hydrogen (secondary N) is 1. The molecule has 134 valence electrons. The van der Waals surface area contributed by atoms with Crippen LogP contribution in [0.5, 0.6) is 0 Å². The summed E-state index contributed by atoms with van der Waals surface area (Å²) in [5, 5.41) is 13.6. The average Bonchev–Trinajstić information content (AvgIpc) is 2.64. The number of benzene rings is 1. The van der Waals surface area contributed by atoms with Crippen LogP contribution >= 0.6 is 0 Å². The fourth-order valence-electron chi connectivity index (χ4n) is 3.43. The maximum absolute atomic E-state index is 12.6. The van der Waals surface area contributed by atoms with Crippen molar-refractivity contribution in [1.82, 2.24) is 14.5 Å². The molecule has 4 rings (SSSR count). The Kier molecular flexibility index (Phi) is 4.30. The monoisotopic (exact) mass is 351 g/mol. The molecule has 7 heteroatoms. The molecule has 0 aliphatic heterocycles. The molecule has 26 heavy (non-hydrogen) atoms. The first-order valence-electron chi connectivity index (χ1n) is 8.80. The van der Waals surface area contributed by atoms with Crippen molar-refractivity contribution in [2.75, 3.05) is 11.1 Å². The molecule has 2 heterocycles. The van der Waals surface area contributed by atoms with Gasteiger partial charge in [0, 0.05) is 24.0 Å². The fourth-order valence-corrected chi connectivity index (χ4v) is 3.43. The van der Waals surface area contributed by atoms with E-state index in [1.165, 1.54) is 6.07 Å². The van der Waals surface area contributed by atoms with Crippen LogP contribution in [-0.2, 0) is 0 Å². The van der Waals surface area contributed by atoms with Crippen molar-refractivity contribution in [1.29, 1.82) is 0 Å². The highest BCUT2D eigenvalue weighted by Gasteiger charge is 2.20. The Bertz CT molecular complexity index is 978. The van der Waals surface area contributed by atoms with E-state index in [9.17, 15) is 9.90 Å². The van der Waals surface area contributed by atoms with E-state index in [1.807, 2.05) is 30.3 Å². The van der Waals surface area contributed by atoms with Gasteiger partial charge in [-0.25, -0.2) is 4.98 Å². The van der Waals surface area contributed by atoms with Crippen molar-refractivity contribution in [3.8, 4) is 5.69 Å². The molecule has 0 unspecified atom stereocenters. The summed E-state index contributed by atoms with van der Waals surface area (Å²) in [4.78, 5) is 21.5. The molecule has 0 atom stereocenters. The first-order chi connectivity index (χ1) is 12.6. The summed E-state index contributed by atoms with van der Waals surface area (Å²) in [7, 11) is 0. The number of anilines is 2. The van der Waals surface area contributed by atoms with Crippen LogP contribution in [0.15, 0.2) is 47.4 Å². The van der Waals surface area contributed by atoms with Gasteiger partial charge in [-0.2, -0.15) is 4.98 Å². The third-order valence-electron chi connectivity index (χ3n) is 4.84. The summed E-state index contributed by atoms with van der Waals surface area (Å²) >= 11 is 0. The number of hydrogen-bond donors (Lipinski definition) is 3. The van der Waals surface area contributed by atoms with Crippen LogP contribution in [0.4, 0.5) is 11.6 Å². The third kappa shape index (κ3) is 3.13. The number of rotatable bonds is 3. The quantitative estimate of drug-likeness (QED) is 0.667. The van der Waals surface area contributed by atoms with Gasteiger partial charge in [0.25, 0.3) is 5.56 Å². The first-order valence-corrected chi connectivity index (χ1v) is 8.80. The number of aliphatic hydroxyl groups excluding tert-OH is 1. The van der Waals surface area contributed by atoms with Crippen molar-refractivity contribution in [3.05, 3.63) is 52.9 Å². The number of nitrogens with two attached hydrogens (primary N) is 1. The average molecular weight is 351 g/mol. The van der Waals surface area contributed by atoms with E-state index < -0.39 is 0 Å². The minimum absolute atomic E-state index is 0.214. The predicted molar refractivity (Wildman–Crippen MR) is 101 cm³/mol.